The quantitative estimate of drug-likeness (QED) is 0.680. The van der Waals surface area contributed by atoms with E-state index in [2.05, 4.69) is 10.3 Å². The van der Waals surface area contributed by atoms with Crippen molar-refractivity contribution in [3.63, 3.8) is 0 Å². The topological polar surface area (TPSA) is 60.5 Å². The highest BCUT2D eigenvalue weighted by Crippen LogP contribution is 2.31. The van der Waals surface area contributed by atoms with E-state index >= 15 is 0 Å². The lowest BCUT2D eigenvalue weighted by Gasteiger charge is -2.08. The minimum Gasteiger partial charge on any atom is -0.495 e. The van der Waals surface area contributed by atoms with Gasteiger partial charge in [0.05, 0.1) is 25.1 Å². The lowest BCUT2D eigenvalue weighted by Crippen LogP contribution is -2.12. The van der Waals surface area contributed by atoms with E-state index in [-0.39, 0.29) is 5.91 Å². The average Bonchev–Trinajstić information content (AvgIpc) is 3.05. The van der Waals surface area contributed by atoms with Crippen molar-refractivity contribution in [2.45, 2.75) is 13.8 Å². The highest BCUT2D eigenvalue weighted by Gasteiger charge is 2.17. The summed E-state index contributed by atoms with van der Waals surface area (Å²) in [4.78, 5) is 17.8. The summed E-state index contributed by atoms with van der Waals surface area (Å²) in [7, 11) is 1.58. The molecule has 0 atom stereocenters. The molecule has 0 unspecified atom stereocenters. The summed E-state index contributed by atoms with van der Waals surface area (Å²) in [5, 5.41) is 3.70. The number of ether oxygens (including phenoxy) is 2. The van der Waals surface area contributed by atoms with Crippen molar-refractivity contribution in [3.8, 4) is 22.1 Å². The first-order valence-electron chi connectivity index (χ1n) is 8.27. The van der Waals surface area contributed by atoms with Crippen LogP contribution < -0.4 is 14.8 Å². The van der Waals surface area contributed by atoms with Crippen LogP contribution in [0.15, 0.2) is 48.5 Å². The van der Waals surface area contributed by atoms with Crippen LogP contribution in [0.25, 0.3) is 10.6 Å². The van der Waals surface area contributed by atoms with Crippen LogP contribution >= 0.6 is 11.3 Å². The number of nitrogens with one attached hydrogen (secondary N) is 1. The number of nitrogens with zero attached hydrogens (tertiary/aromatic N) is 1. The van der Waals surface area contributed by atoms with Crippen molar-refractivity contribution >= 4 is 22.9 Å². The summed E-state index contributed by atoms with van der Waals surface area (Å²) in [5.74, 6) is 1.25. The maximum atomic E-state index is 12.7. The van der Waals surface area contributed by atoms with Crippen molar-refractivity contribution in [1.82, 2.24) is 4.98 Å². The summed E-state index contributed by atoms with van der Waals surface area (Å²) in [6.07, 6.45) is 0. The molecule has 0 fully saturated rings. The molecule has 134 valence electrons. The smallest absolute Gasteiger partial charge is 0.267 e. The molecular formula is C20H20N2O3S. The molecule has 0 aliphatic heterocycles. The number of methoxy groups -OCH3 is 1. The zero-order valence-electron chi connectivity index (χ0n) is 14.9. The number of aromatic nitrogens is 1. The van der Waals surface area contributed by atoms with Gasteiger partial charge in [0, 0.05) is 5.56 Å². The molecular weight excluding hydrogens is 348 g/mol. The van der Waals surface area contributed by atoms with Crippen LogP contribution in [0, 0.1) is 6.92 Å². The first-order valence-corrected chi connectivity index (χ1v) is 9.09. The Morgan fingerprint density at radius 1 is 1.15 bits per heavy atom. The van der Waals surface area contributed by atoms with Gasteiger partial charge in [-0.15, -0.1) is 11.3 Å². The second-order valence-electron chi connectivity index (χ2n) is 5.55. The highest BCUT2D eigenvalue weighted by molar-refractivity contribution is 7.17. The van der Waals surface area contributed by atoms with E-state index < -0.39 is 0 Å². The van der Waals surface area contributed by atoms with Crippen molar-refractivity contribution in [2.75, 3.05) is 19.0 Å². The van der Waals surface area contributed by atoms with E-state index in [4.69, 9.17) is 9.47 Å². The van der Waals surface area contributed by atoms with Gasteiger partial charge < -0.3 is 14.8 Å². The third-order valence-corrected chi connectivity index (χ3v) is 4.98. The second kappa shape index (κ2) is 8.01. The van der Waals surface area contributed by atoms with Gasteiger partial charge >= 0.3 is 0 Å². The Morgan fingerprint density at radius 3 is 2.58 bits per heavy atom. The average molecular weight is 368 g/mol. The van der Waals surface area contributed by atoms with E-state index in [9.17, 15) is 4.79 Å². The predicted octanol–water partition coefficient (Wildman–Crippen LogP) is 4.78. The number of para-hydroxylation sites is 2. The number of benzene rings is 2. The van der Waals surface area contributed by atoms with Gasteiger partial charge in [-0.2, -0.15) is 0 Å². The van der Waals surface area contributed by atoms with Crippen LogP contribution in [0.2, 0.25) is 0 Å². The number of carbonyl (C=O) groups is 1. The van der Waals surface area contributed by atoms with Crippen molar-refractivity contribution < 1.29 is 14.3 Å². The summed E-state index contributed by atoms with van der Waals surface area (Å²) in [6.45, 7) is 4.42. The number of hydrogen-bond acceptors (Lipinski definition) is 5. The van der Waals surface area contributed by atoms with E-state index in [1.54, 1.807) is 19.2 Å². The molecule has 2 aromatic carbocycles. The number of thiazole rings is 1. The highest BCUT2D eigenvalue weighted by atomic mass is 32.1. The second-order valence-corrected chi connectivity index (χ2v) is 6.54. The summed E-state index contributed by atoms with van der Waals surface area (Å²) in [5.41, 5.74) is 2.29. The molecule has 3 aromatic rings. The number of aryl methyl sites for hydroxylation is 1. The van der Waals surface area contributed by atoms with Crippen LogP contribution in [0.3, 0.4) is 0 Å². The van der Waals surface area contributed by atoms with Gasteiger partial charge in [0.15, 0.2) is 0 Å². The largest absolute Gasteiger partial charge is 0.495 e. The molecule has 1 amide bonds. The fourth-order valence-corrected chi connectivity index (χ4v) is 3.48. The van der Waals surface area contributed by atoms with Crippen LogP contribution in [0.4, 0.5) is 5.69 Å². The number of rotatable bonds is 6. The molecule has 5 nitrogen and oxygen atoms in total. The molecule has 0 aliphatic carbocycles. The molecule has 0 aliphatic rings. The number of anilines is 1. The lowest BCUT2D eigenvalue weighted by atomic mass is 10.2. The van der Waals surface area contributed by atoms with E-state index in [0.717, 1.165) is 16.3 Å². The molecule has 1 N–H and O–H groups in total. The molecule has 0 saturated carbocycles. The molecule has 1 aromatic heterocycles. The minimum absolute atomic E-state index is 0.193. The lowest BCUT2D eigenvalue weighted by molar-refractivity contribution is 0.102. The molecule has 1 heterocycles. The Labute approximate surface area is 156 Å². The van der Waals surface area contributed by atoms with E-state index in [0.29, 0.717) is 28.6 Å². The normalized spacial score (nSPS) is 10.4. The zero-order valence-corrected chi connectivity index (χ0v) is 15.7. The molecule has 3 rings (SSSR count). The van der Waals surface area contributed by atoms with Gasteiger partial charge in [0.2, 0.25) is 0 Å². The van der Waals surface area contributed by atoms with Gasteiger partial charge in [-0.3, -0.25) is 4.79 Å². The van der Waals surface area contributed by atoms with Crippen LogP contribution in [0.5, 0.6) is 11.5 Å². The third kappa shape index (κ3) is 3.86. The Kier molecular flexibility index (Phi) is 5.53. The molecule has 0 spiro atoms. The Morgan fingerprint density at radius 2 is 1.88 bits per heavy atom. The molecule has 0 radical (unpaired) electrons. The van der Waals surface area contributed by atoms with Crippen molar-refractivity contribution in [3.05, 3.63) is 59.1 Å². The fourth-order valence-electron chi connectivity index (χ4n) is 2.52. The number of hydrogen-bond donors (Lipinski definition) is 1. The Balaban J connectivity index is 1.82. The van der Waals surface area contributed by atoms with E-state index in [1.165, 1.54) is 11.3 Å². The van der Waals surface area contributed by atoms with Crippen LogP contribution in [-0.2, 0) is 0 Å². The molecule has 0 saturated heterocycles. The van der Waals surface area contributed by atoms with Gasteiger partial charge in [0.1, 0.15) is 21.4 Å². The van der Waals surface area contributed by atoms with Crippen LogP contribution in [0.1, 0.15) is 22.3 Å². The number of amides is 1. The number of carbonyl (C=O) groups excluding carboxylic acids is 1. The van der Waals surface area contributed by atoms with Gasteiger partial charge in [-0.25, -0.2) is 4.98 Å². The van der Waals surface area contributed by atoms with Gasteiger partial charge in [0.25, 0.3) is 5.91 Å². The fraction of sp³-hybridized carbons (Fsp3) is 0.200. The van der Waals surface area contributed by atoms with E-state index in [1.807, 2.05) is 50.2 Å². The zero-order chi connectivity index (χ0) is 18.5. The summed E-state index contributed by atoms with van der Waals surface area (Å²) < 4.78 is 10.7. The van der Waals surface area contributed by atoms with Gasteiger partial charge in [-0.05, 0) is 50.2 Å². The first kappa shape index (κ1) is 17.9. The molecule has 0 bridgehead atoms. The summed E-state index contributed by atoms with van der Waals surface area (Å²) in [6, 6.07) is 15.0. The Hall–Kier alpha value is -2.86. The molecule has 26 heavy (non-hydrogen) atoms. The maximum absolute atomic E-state index is 12.7. The minimum atomic E-state index is -0.193. The monoisotopic (exact) mass is 368 g/mol. The predicted molar refractivity (Wildman–Crippen MR) is 104 cm³/mol. The standard InChI is InChI=1S/C20H20N2O3S/c1-4-25-15-11-9-14(10-12-15)20-21-13(2)18(26-20)19(23)22-16-7-5-6-8-17(16)24-3/h5-12H,4H2,1-3H3,(H,22,23). The van der Waals surface area contributed by atoms with Crippen molar-refractivity contribution in [2.24, 2.45) is 0 Å². The maximum Gasteiger partial charge on any atom is 0.267 e. The SMILES string of the molecule is CCOc1ccc(-c2nc(C)c(C(=O)Nc3ccccc3OC)s2)cc1. The Bertz CT molecular complexity index is 904. The first-order chi connectivity index (χ1) is 12.6. The molecule has 6 heteroatoms. The van der Waals surface area contributed by atoms with Crippen molar-refractivity contribution in [1.29, 1.82) is 0 Å². The van der Waals surface area contributed by atoms with Gasteiger partial charge in [-0.1, -0.05) is 12.1 Å². The summed E-state index contributed by atoms with van der Waals surface area (Å²) >= 11 is 1.37. The third-order valence-electron chi connectivity index (χ3n) is 3.77. The van der Waals surface area contributed by atoms with Crippen LogP contribution in [-0.4, -0.2) is 24.6 Å².